The first-order valence-electron chi connectivity index (χ1n) is 6.16. The lowest BCUT2D eigenvalue weighted by Gasteiger charge is -2.17. The van der Waals surface area contributed by atoms with E-state index in [4.69, 9.17) is 17.3 Å². The molecule has 100 valence electrons. The lowest BCUT2D eigenvalue weighted by Crippen LogP contribution is -2.33. The standard InChI is InChI=1S/C13H20ClN3O/c1-4-8(2)5-9(3)16-13(18)10-6-11(14)17-12(15)7-10/h6-9H,4-5H2,1-3H3,(H2,15,17)(H,16,18). The van der Waals surface area contributed by atoms with Crippen molar-refractivity contribution in [3.8, 4) is 0 Å². The van der Waals surface area contributed by atoms with Gasteiger partial charge in [0.25, 0.3) is 5.91 Å². The van der Waals surface area contributed by atoms with E-state index in [0.717, 1.165) is 12.8 Å². The van der Waals surface area contributed by atoms with Gasteiger partial charge in [-0.15, -0.1) is 0 Å². The number of carbonyl (C=O) groups excluding carboxylic acids is 1. The van der Waals surface area contributed by atoms with Gasteiger partial charge in [0.15, 0.2) is 0 Å². The third kappa shape index (κ3) is 4.53. The predicted molar refractivity (Wildman–Crippen MR) is 74.7 cm³/mol. The van der Waals surface area contributed by atoms with E-state index in [-0.39, 0.29) is 22.9 Å². The Morgan fingerprint density at radius 3 is 2.72 bits per heavy atom. The Balaban J connectivity index is 2.64. The first kappa shape index (κ1) is 14.8. The summed E-state index contributed by atoms with van der Waals surface area (Å²) in [6.07, 6.45) is 2.06. The first-order valence-corrected chi connectivity index (χ1v) is 6.54. The Morgan fingerprint density at radius 2 is 2.17 bits per heavy atom. The molecular formula is C13H20ClN3O. The molecule has 1 aromatic heterocycles. The van der Waals surface area contributed by atoms with E-state index in [9.17, 15) is 4.79 Å². The van der Waals surface area contributed by atoms with Crippen molar-refractivity contribution in [1.29, 1.82) is 0 Å². The maximum Gasteiger partial charge on any atom is 0.251 e. The fourth-order valence-corrected chi connectivity index (χ4v) is 2.00. The number of hydrogen-bond donors (Lipinski definition) is 2. The molecule has 4 nitrogen and oxygen atoms in total. The van der Waals surface area contributed by atoms with Crippen LogP contribution in [0.25, 0.3) is 0 Å². The normalized spacial score (nSPS) is 14.0. The molecule has 18 heavy (non-hydrogen) atoms. The summed E-state index contributed by atoms with van der Waals surface area (Å²) in [6.45, 7) is 6.31. The smallest absolute Gasteiger partial charge is 0.251 e. The van der Waals surface area contributed by atoms with Crippen LogP contribution in [0, 0.1) is 5.92 Å². The zero-order valence-electron chi connectivity index (χ0n) is 11.0. The number of halogens is 1. The monoisotopic (exact) mass is 269 g/mol. The van der Waals surface area contributed by atoms with E-state index >= 15 is 0 Å². The number of nitrogens with two attached hydrogens (primary N) is 1. The molecule has 1 rings (SSSR count). The number of amides is 1. The number of anilines is 1. The van der Waals surface area contributed by atoms with Crippen LogP contribution < -0.4 is 11.1 Å². The zero-order valence-corrected chi connectivity index (χ0v) is 11.8. The van der Waals surface area contributed by atoms with Crippen LogP contribution >= 0.6 is 11.6 Å². The molecular weight excluding hydrogens is 250 g/mol. The Hall–Kier alpha value is -1.29. The summed E-state index contributed by atoms with van der Waals surface area (Å²) in [6, 6.07) is 3.17. The van der Waals surface area contributed by atoms with Gasteiger partial charge in [-0.2, -0.15) is 0 Å². The molecule has 0 bridgehead atoms. The maximum absolute atomic E-state index is 12.0. The van der Waals surface area contributed by atoms with Gasteiger partial charge in [0.05, 0.1) is 0 Å². The number of hydrogen-bond acceptors (Lipinski definition) is 3. The second-order valence-corrected chi connectivity index (χ2v) is 5.11. The molecule has 0 saturated carbocycles. The van der Waals surface area contributed by atoms with Crippen LogP contribution in [0.15, 0.2) is 12.1 Å². The SMILES string of the molecule is CCC(C)CC(C)NC(=O)c1cc(N)nc(Cl)c1. The topological polar surface area (TPSA) is 68.0 Å². The van der Waals surface area contributed by atoms with Crippen molar-refractivity contribution in [3.05, 3.63) is 22.8 Å². The van der Waals surface area contributed by atoms with Gasteiger partial charge in [-0.3, -0.25) is 4.79 Å². The molecule has 0 aliphatic heterocycles. The summed E-state index contributed by atoms with van der Waals surface area (Å²) < 4.78 is 0. The highest BCUT2D eigenvalue weighted by Gasteiger charge is 2.13. The van der Waals surface area contributed by atoms with E-state index in [2.05, 4.69) is 24.1 Å². The minimum Gasteiger partial charge on any atom is -0.384 e. The van der Waals surface area contributed by atoms with Crippen LogP contribution in [0.4, 0.5) is 5.82 Å². The van der Waals surface area contributed by atoms with Crippen LogP contribution in [0.3, 0.4) is 0 Å². The summed E-state index contributed by atoms with van der Waals surface area (Å²) >= 11 is 5.77. The first-order chi connectivity index (χ1) is 8.42. The number of nitrogen functional groups attached to an aromatic ring is 1. The van der Waals surface area contributed by atoms with Crippen molar-refractivity contribution in [2.45, 2.75) is 39.7 Å². The molecule has 0 aromatic carbocycles. The van der Waals surface area contributed by atoms with Crippen molar-refractivity contribution >= 4 is 23.3 Å². The molecule has 1 heterocycles. The minimum absolute atomic E-state index is 0.126. The second kappa shape index (κ2) is 6.59. The highest BCUT2D eigenvalue weighted by atomic mass is 35.5. The molecule has 0 fully saturated rings. The third-order valence-corrected chi connectivity index (χ3v) is 3.10. The van der Waals surface area contributed by atoms with Crippen molar-refractivity contribution in [3.63, 3.8) is 0 Å². The lowest BCUT2D eigenvalue weighted by atomic mass is 10.0. The number of pyridine rings is 1. The minimum atomic E-state index is -0.165. The number of nitrogens with zero attached hydrogens (tertiary/aromatic N) is 1. The molecule has 1 aromatic rings. The molecule has 0 aliphatic carbocycles. The van der Waals surface area contributed by atoms with Crippen LogP contribution in [0.2, 0.25) is 5.15 Å². The molecule has 0 radical (unpaired) electrons. The van der Waals surface area contributed by atoms with Gasteiger partial charge < -0.3 is 11.1 Å². The molecule has 0 saturated heterocycles. The van der Waals surface area contributed by atoms with Crippen LogP contribution in [0.1, 0.15) is 44.0 Å². The van der Waals surface area contributed by atoms with Gasteiger partial charge in [0.1, 0.15) is 11.0 Å². The van der Waals surface area contributed by atoms with E-state index < -0.39 is 0 Å². The summed E-state index contributed by atoms with van der Waals surface area (Å²) in [5.41, 5.74) is 6.00. The Morgan fingerprint density at radius 1 is 1.50 bits per heavy atom. The average molecular weight is 270 g/mol. The van der Waals surface area contributed by atoms with Gasteiger partial charge in [0.2, 0.25) is 0 Å². The van der Waals surface area contributed by atoms with Gasteiger partial charge >= 0.3 is 0 Å². The van der Waals surface area contributed by atoms with Crippen molar-refractivity contribution in [2.24, 2.45) is 5.92 Å². The van der Waals surface area contributed by atoms with Gasteiger partial charge in [-0.25, -0.2) is 4.98 Å². The van der Waals surface area contributed by atoms with Crippen LogP contribution in [-0.4, -0.2) is 16.9 Å². The Labute approximate surface area is 113 Å². The van der Waals surface area contributed by atoms with Gasteiger partial charge in [0, 0.05) is 11.6 Å². The molecule has 2 atom stereocenters. The van der Waals surface area contributed by atoms with Crippen LogP contribution in [-0.2, 0) is 0 Å². The quantitative estimate of drug-likeness (QED) is 0.808. The number of aromatic nitrogens is 1. The largest absolute Gasteiger partial charge is 0.384 e. The van der Waals surface area contributed by atoms with Crippen molar-refractivity contribution in [2.75, 3.05) is 5.73 Å². The Kier molecular flexibility index (Phi) is 5.41. The lowest BCUT2D eigenvalue weighted by molar-refractivity contribution is 0.0935. The highest BCUT2D eigenvalue weighted by Crippen LogP contribution is 2.13. The fourth-order valence-electron chi connectivity index (χ4n) is 1.78. The maximum atomic E-state index is 12.0. The summed E-state index contributed by atoms with van der Waals surface area (Å²) in [7, 11) is 0. The number of nitrogens with one attached hydrogen (secondary N) is 1. The fraction of sp³-hybridized carbons (Fsp3) is 0.538. The zero-order chi connectivity index (χ0) is 13.7. The summed E-state index contributed by atoms with van der Waals surface area (Å²) in [5.74, 6) is 0.676. The summed E-state index contributed by atoms with van der Waals surface area (Å²) in [5, 5.41) is 3.17. The van der Waals surface area contributed by atoms with E-state index in [1.165, 1.54) is 12.1 Å². The number of carbonyl (C=O) groups is 1. The average Bonchev–Trinajstić information content (AvgIpc) is 2.27. The highest BCUT2D eigenvalue weighted by molar-refractivity contribution is 6.29. The Bertz CT molecular complexity index is 402. The molecule has 0 spiro atoms. The van der Waals surface area contributed by atoms with Crippen LogP contribution in [0.5, 0.6) is 0 Å². The predicted octanol–water partition coefficient (Wildman–Crippen LogP) is 2.87. The summed E-state index contributed by atoms with van der Waals surface area (Å²) in [4.78, 5) is 15.8. The molecule has 3 N–H and O–H groups in total. The molecule has 5 heteroatoms. The van der Waals surface area contributed by atoms with Crippen molar-refractivity contribution in [1.82, 2.24) is 10.3 Å². The third-order valence-electron chi connectivity index (χ3n) is 2.91. The number of rotatable bonds is 5. The molecule has 1 amide bonds. The second-order valence-electron chi connectivity index (χ2n) is 4.73. The van der Waals surface area contributed by atoms with Gasteiger partial charge in [-0.1, -0.05) is 31.9 Å². The van der Waals surface area contributed by atoms with Crippen molar-refractivity contribution < 1.29 is 4.79 Å². The van der Waals surface area contributed by atoms with E-state index in [1.807, 2.05) is 6.92 Å². The van der Waals surface area contributed by atoms with Gasteiger partial charge in [-0.05, 0) is 31.4 Å². The van der Waals surface area contributed by atoms with E-state index in [1.54, 1.807) is 0 Å². The molecule has 0 aliphatic rings. The molecule has 2 unspecified atom stereocenters. The van der Waals surface area contributed by atoms with E-state index in [0.29, 0.717) is 11.5 Å².